The van der Waals surface area contributed by atoms with E-state index in [-0.39, 0.29) is 24.4 Å². The first-order valence-electron chi connectivity index (χ1n) is 9.06. The molecular formula is C19H26N2O4. The van der Waals surface area contributed by atoms with Gasteiger partial charge in [0.25, 0.3) is 0 Å². The molecule has 0 radical (unpaired) electrons. The van der Waals surface area contributed by atoms with Crippen LogP contribution in [0.4, 0.5) is 0 Å². The normalized spacial score (nSPS) is 17.2. The summed E-state index contributed by atoms with van der Waals surface area (Å²) in [6.45, 7) is 7.57. The van der Waals surface area contributed by atoms with E-state index in [1.807, 2.05) is 4.90 Å². The van der Waals surface area contributed by atoms with E-state index in [1.165, 1.54) is 0 Å². The summed E-state index contributed by atoms with van der Waals surface area (Å²) in [4.78, 5) is 29.0. The largest absolute Gasteiger partial charge is 0.454 e. The van der Waals surface area contributed by atoms with Gasteiger partial charge in [-0.1, -0.05) is 13.8 Å². The Kier molecular flexibility index (Phi) is 5.58. The van der Waals surface area contributed by atoms with Gasteiger partial charge in [0.1, 0.15) is 0 Å². The summed E-state index contributed by atoms with van der Waals surface area (Å²) < 4.78 is 10.6. The van der Waals surface area contributed by atoms with Gasteiger partial charge in [-0.05, 0) is 31.0 Å². The Balaban J connectivity index is 1.52. The summed E-state index contributed by atoms with van der Waals surface area (Å²) in [6.07, 6.45) is 1.77. The number of carbonyl (C=O) groups is 2. The van der Waals surface area contributed by atoms with Crippen LogP contribution >= 0.6 is 0 Å². The zero-order valence-corrected chi connectivity index (χ0v) is 15.0. The maximum atomic E-state index is 12.5. The second-order valence-corrected chi connectivity index (χ2v) is 6.61. The number of carbonyl (C=O) groups excluding carboxylic acids is 2. The molecule has 6 nitrogen and oxygen atoms in total. The molecule has 1 amide bonds. The molecule has 0 saturated carbocycles. The maximum absolute atomic E-state index is 12.5. The molecule has 2 aliphatic heterocycles. The summed E-state index contributed by atoms with van der Waals surface area (Å²) in [5.41, 5.74) is 0.639. The van der Waals surface area contributed by atoms with Crippen molar-refractivity contribution in [2.75, 3.05) is 39.5 Å². The van der Waals surface area contributed by atoms with Crippen LogP contribution in [-0.4, -0.2) is 61.0 Å². The first-order chi connectivity index (χ1) is 12.1. The topological polar surface area (TPSA) is 59.1 Å². The van der Waals surface area contributed by atoms with E-state index in [2.05, 4.69) is 18.7 Å². The smallest absolute Gasteiger partial charge is 0.231 e. The third-order valence-corrected chi connectivity index (χ3v) is 5.08. The molecule has 3 rings (SSSR count). The lowest BCUT2D eigenvalue weighted by atomic mass is 10.0. The summed E-state index contributed by atoms with van der Waals surface area (Å²) in [6, 6.07) is 5.31. The molecule has 1 saturated heterocycles. The monoisotopic (exact) mass is 346 g/mol. The Morgan fingerprint density at radius 3 is 2.40 bits per heavy atom. The minimum Gasteiger partial charge on any atom is -0.454 e. The fourth-order valence-electron chi connectivity index (χ4n) is 3.39. The molecule has 0 bridgehead atoms. The van der Waals surface area contributed by atoms with Crippen molar-refractivity contribution in [1.82, 2.24) is 9.80 Å². The summed E-state index contributed by atoms with van der Waals surface area (Å²) in [7, 11) is 0. The molecule has 0 aliphatic carbocycles. The number of rotatable bonds is 6. The van der Waals surface area contributed by atoms with E-state index in [0.29, 0.717) is 36.7 Å². The summed E-state index contributed by atoms with van der Waals surface area (Å²) in [5.74, 6) is 1.77. The molecule has 0 aromatic heterocycles. The summed E-state index contributed by atoms with van der Waals surface area (Å²) in [5, 5.41) is 0. The van der Waals surface area contributed by atoms with Gasteiger partial charge < -0.3 is 14.4 Å². The van der Waals surface area contributed by atoms with Crippen LogP contribution in [0.25, 0.3) is 0 Å². The van der Waals surface area contributed by atoms with Crippen molar-refractivity contribution in [2.24, 2.45) is 5.92 Å². The fraction of sp³-hybridized carbons (Fsp3) is 0.579. The van der Waals surface area contributed by atoms with Crippen LogP contribution < -0.4 is 9.47 Å². The number of Topliss-reactive ketones (excluding diaryl/α,β-unsaturated/α-hetero) is 1. The Labute approximate surface area is 148 Å². The molecule has 2 heterocycles. The average Bonchev–Trinajstić information content (AvgIpc) is 3.11. The van der Waals surface area contributed by atoms with E-state index in [4.69, 9.17) is 9.47 Å². The van der Waals surface area contributed by atoms with Crippen LogP contribution in [0.15, 0.2) is 18.2 Å². The first-order valence-corrected chi connectivity index (χ1v) is 9.06. The number of ketones is 1. The van der Waals surface area contributed by atoms with Crippen LogP contribution in [0, 0.1) is 5.92 Å². The third-order valence-electron chi connectivity index (χ3n) is 5.08. The van der Waals surface area contributed by atoms with Crippen LogP contribution in [-0.2, 0) is 4.79 Å². The van der Waals surface area contributed by atoms with E-state index in [1.54, 1.807) is 18.2 Å². The van der Waals surface area contributed by atoms with Crippen molar-refractivity contribution in [2.45, 2.75) is 26.7 Å². The highest BCUT2D eigenvalue weighted by Gasteiger charge is 2.26. The number of amides is 1. The van der Waals surface area contributed by atoms with Gasteiger partial charge >= 0.3 is 0 Å². The summed E-state index contributed by atoms with van der Waals surface area (Å²) >= 11 is 0. The number of nitrogens with zero attached hydrogens (tertiary/aromatic N) is 2. The van der Waals surface area contributed by atoms with Gasteiger partial charge in [0.2, 0.25) is 12.7 Å². The Bertz CT molecular complexity index is 634. The Morgan fingerprint density at radius 1 is 1.04 bits per heavy atom. The van der Waals surface area contributed by atoms with Crippen LogP contribution in [0.5, 0.6) is 11.5 Å². The standard InChI is InChI=1S/C19H26N2O4/c1-3-14(4-2)19(23)21-9-7-20(8-10-21)12-16(22)15-5-6-17-18(11-15)25-13-24-17/h5-6,11,14H,3-4,7-10,12-13H2,1-2H3. The maximum Gasteiger partial charge on any atom is 0.231 e. The molecule has 136 valence electrons. The number of benzene rings is 1. The molecule has 0 spiro atoms. The SMILES string of the molecule is CCC(CC)C(=O)N1CCN(CC(=O)c2ccc3c(c2)OCO3)CC1. The minimum atomic E-state index is 0.0677. The van der Waals surface area contributed by atoms with Crippen molar-refractivity contribution < 1.29 is 19.1 Å². The van der Waals surface area contributed by atoms with Gasteiger partial charge in [0, 0.05) is 37.7 Å². The molecule has 0 unspecified atom stereocenters. The number of ether oxygens (including phenoxy) is 2. The van der Waals surface area contributed by atoms with Crippen LogP contribution in [0.2, 0.25) is 0 Å². The number of hydrogen-bond acceptors (Lipinski definition) is 5. The Hall–Kier alpha value is -2.08. The molecular weight excluding hydrogens is 320 g/mol. The van der Waals surface area contributed by atoms with E-state index in [9.17, 15) is 9.59 Å². The van der Waals surface area contributed by atoms with Crippen molar-refractivity contribution in [3.63, 3.8) is 0 Å². The molecule has 6 heteroatoms. The minimum absolute atomic E-state index is 0.0677. The highest BCUT2D eigenvalue weighted by Crippen LogP contribution is 2.32. The highest BCUT2D eigenvalue weighted by molar-refractivity contribution is 5.98. The van der Waals surface area contributed by atoms with Gasteiger partial charge in [0.15, 0.2) is 17.3 Å². The molecule has 0 N–H and O–H groups in total. The predicted molar refractivity (Wildman–Crippen MR) is 94.0 cm³/mol. The van der Waals surface area contributed by atoms with E-state index in [0.717, 1.165) is 25.9 Å². The third kappa shape index (κ3) is 3.95. The molecule has 0 atom stereocenters. The molecule has 1 fully saturated rings. The lowest BCUT2D eigenvalue weighted by Gasteiger charge is -2.36. The van der Waals surface area contributed by atoms with Crippen molar-refractivity contribution >= 4 is 11.7 Å². The van der Waals surface area contributed by atoms with Crippen molar-refractivity contribution in [3.05, 3.63) is 23.8 Å². The lowest BCUT2D eigenvalue weighted by molar-refractivity contribution is -0.137. The molecule has 1 aromatic rings. The fourth-order valence-corrected chi connectivity index (χ4v) is 3.39. The van der Waals surface area contributed by atoms with Gasteiger partial charge in [-0.15, -0.1) is 0 Å². The number of piperazine rings is 1. The zero-order valence-electron chi connectivity index (χ0n) is 15.0. The average molecular weight is 346 g/mol. The second-order valence-electron chi connectivity index (χ2n) is 6.61. The van der Waals surface area contributed by atoms with Gasteiger partial charge in [-0.3, -0.25) is 14.5 Å². The quantitative estimate of drug-likeness (QED) is 0.739. The van der Waals surface area contributed by atoms with Crippen molar-refractivity contribution in [3.8, 4) is 11.5 Å². The van der Waals surface area contributed by atoms with Crippen LogP contribution in [0.1, 0.15) is 37.0 Å². The number of fused-ring (bicyclic) bond motifs is 1. The first kappa shape index (κ1) is 17.7. The number of hydrogen-bond donors (Lipinski definition) is 0. The predicted octanol–water partition coefficient (Wildman–Crippen LogP) is 2.18. The second kappa shape index (κ2) is 7.87. The van der Waals surface area contributed by atoms with E-state index >= 15 is 0 Å². The highest BCUT2D eigenvalue weighted by atomic mass is 16.7. The lowest BCUT2D eigenvalue weighted by Crippen LogP contribution is -2.51. The zero-order chi connectivity index (χ0) is 17.8. The van der Waals surface area contributed by atoms with Crippen molar-refractivity contribution in [1.29, 1.82) is 0 Å². The van der Waals surface area contributed by atoms with Gasteiger partial charge in [0.05, 0.1) is 6.54 Å². The molecule has 2 aliphatic rings. The molecule has 25 heavy (non-hydrogen) atoms. The Morgan fingerprint density at radius 2 is 1.72 bits per heavy atom. The van der Waals surface area contributed by atoms with Gasteiger partial charge in [-0.25, -0.2) is 0 Å². The van der Waals surface area contributed by atoms with E-state index < -0.39 is 0 Å². The van der Waals surface area contributed by atoms with Crippen LogP contribution in [0.3, 0.4) is 0 Å². The molecule has 1 aromatic carbocycles. The van der Waals surface area contributed by atoms with Gasteiger partial charge in [-0.2, -0.15) is 0 Å².